The van der Waals surface area contributed by atoms with E-state index in [1.807, 2.05) is 13.8 Å². The van der Waals surface area contributed by atoms with Gasteiger partial charge in [-0.05, 0) is 54.5 Å². The lowest BCUT2D eigenvalue weighted by molar-refractivity contribution is -0.145. The number of sulfone groups is 1. The van der Waals surface area contributed by atoms with Gasteiger partial charge in [-0.2, -0.15) is 23.1 Å². The van der Waals surface area contributed by atoms with Crippen LogP contribution in [0.4, 0.5) is 18.9 Å². The lowest BCUT2D eigenvalue weighted by Gasteiger charge is -2.17. The first-order chi connectivity index (χ1) is 22.1. The fraction of sp³-hybridized carbons (Fsp3) is 0.310. The molecule has 0 radical (unpaired) electrons. The molecule has 3 heterocycles. The summed E-state index contributed by atoms with van der Waals surface area (Å²) in [6.07, 6.45) is 0.978. The summed E-state index contributed by atoms with van der Waals surface area (Å²) in [5, 5.41) is 19.6. The van der Waals surface area contributed by atoms with Crippen LogP contribution in [-0.4, -0.2) is 67.8 Å². The van der Waals surface area contributed by atoms with E-state index in [1.165, 1.54) is 24.3 Å². The van der Waals surface area contributed by atoms with E-state index in [9.17, 15) is 31.2 Å². The van der Waals surface area contributed by atoms with Crippen molar-refractivity contribution in [1.29, 1.82) is 0 Å². The second-order valence-electron chi connectivity index (χ2n) is 10.0. The number of anilines is 1. The average Bonchev–Trinajstić information content (AvgIpc) is 3.73. The number of nitrogens with one attached hydrogen (secondary N) is 2. The van der Waals surface area contributed by atoms with Gasteiger partial charge in [0.2, 0.25) is 0 Å². The molecule has 1 unspecified atom stereocenters. The number of rotatable bonds is 7. The molecule has 2 amide bonds. The zero-order chi connectivity index (χ0) is 34.7. The minimum Gasteiger partial charge on any atom is -0.348 e. The first-order valence-electron chi connectivity index (χ1n) is 14.0. The second kappa shape index (κ2) is 14.1. The Bertz CT molecular complexity index is 1970. The number of tetrazole rings is 1. The predicted molar refractivity (Wildman–Crippen MR) is 168 cm³/mol. The summed E-state index contributed by atoms with van der Waals surface area (Å²) in [5.74, 6) is -0.768. The lowest BCUT2D eigenvalue weighted by Crippen LogP contribution is -2.36. The molecule has 248 valence electrons. The predicted octanol–water partition coefficient (Wildman–Crippen LogP) is 4.72. The van der Waals surface area contributed by atoms with Crippen LogP contribution < -0.4 is 10.6 Å². The number of amides is 2. The van der Waals surface area contributed by atoms with Gasteiger partial charge in [-0.1, -0.05) is 49.0 Å². The summed E-state index contributed by atoms with van der Waals surface area (Å²) in [4.78, 5) is 27.8. The number of para-hydroxylation sites is 1. The van der Waals surface area contributed by atoms with E-state index in [-0.39, 0.29) is 56.3 Å². The van der Waals surface area contributed by atoms with E-state index >= 15 is 0 Å². The average molecular weight is 712 g/mol. The zero-order valence-electron chi connectivity index (χ0n) is 25.1. The monoisotopic (exact) mass is 710 g/mol. The molecule has 0 bridgehead atoms. The normalized spacial score (nSPS) is 15.3. The van der Waals surface area contributed by atoms with E-state index in [0.717, 1.165) is 4.68 Å². The second-order valence-corrected chi connectivity index (χ2v) is 13.1. The molecule has 0 saturated carbocycles. The largest absolute Gasteiger partial charge is 0.455 e. The summed E-state index contributed by atoms with van der Waals surface area (Å²) in [6.45, 7) is 5.20. The van der Waals surface area contributed by atoms with E-state index in [0.29, 0.717) is 15.9 Å². The van der Waals surface area contributed by atoms with Crippen molar-refractivity contribution in [3.05, 3.63) is 80.3 Å². The van der Waals surface area contributed by atoms with Crippen molar-refractivity contribution in [3.63, 3.8) is 0 Å². The number of carbonyl (C=O) groups is 2. The van der Waals surface area contributed by atoms with Crippen molar-refractivity contribution < 1.29 is 31.2 Å². The number of carbonyl (C=O) groups excluding carboxylic acids is 2. The highest BCUT2D eigenvalue weighted by molar-refractivity contribution is 7.91. The van der Waals surface area contributed by atoms with Crippen molar-refractivity contribution >= 4 is 50.5 Å². The molecule has 1 fully saturated rings. The number of hydrogen-bond acceptors (Lipinski definition) is 8. The maximum Gasteiger partial charge on any atom is 0.455 e. The molecule has 1 aliphatic heterocycles. The Labute approximate surface area is 277 Å². The van der Waals surface area contributed by atoms with E-state index in [4.69, 9.17) is 29.6 Å². The molecule has 2 aromatic carbocycles. The number of aryl methyl sites for hydroxylation is 1. The number of nitrogens with zero attached hydrogens (tertiary/aromatic N) is 6. The zero-order valence-corrected chi connectivity index (χ0v) is 27.4. The van der Waals surface area contributed by atoms with Crippen LogP contribution in [0.25, 0.3) is 5.69 Å². The van der Waals surface area contributed by atoms with E-state index < -0.39 is 46.2 Å². The smallest absolute Gasteiger partial charge is 0.348 e. The van der Waals surface area contributed by atoms with Crippen LogP contribution in [0.3, 0.4) is 0 Å². The van der Waals surface area contributed by atoms with Crippen molar-refractivity contribution in [2.24, 2.45) is 0 Å². The number of alkyl halides is 3. The molecule has 1 saturated heterocycles. The molecular formula is C29H27Cl2F3N8O4S. The number of terminal acetylenes is 1. The van der Waals surface area contributed by atoms with Crippen LogP contribution in [0.5, 0.6) is 0 Å². The molecule has 18 heteroatoms. The highest BCUT2D eigenvalue weighted by atomic mass is 35.5. The highest BCUT2D eigenvalue weighted by Gasteiger charge is 2.37. The van der Waals surface area contributed by atoms with Gasteiger partial charge in [-0.15, -0.1) is 16.6 Å². The van der Waals surface area contributed by atoms with Gasteiger partial charge >= 0.3 is 6.18 Å². The first-order valence-corrected chi connectivity index (χ1v) is 16.5. The fourth-order valence-electron chi connectivity index (χ4n) is 4.66. The Morgan fingerprint density at radius 1 is 1.11 bits per heavy atom. The van der Waals surface area contributed by atoms with Gasteiger partial charge in [-0.25, -0.2) is 13.1 Å². The molecule has 0 spiro atoms. The third-order valence-corrected chi connectivity index (χ3v) is 9.08. The van der Waals surface area contributed by atoms with Gasteiger partial charge in [-0.3, -0.25) is 9.59 Å². The number of hydrogen-bond donors (Lipinski definition) is 2. The summed E-state index contributed by atoms with van der Waals surface area (Å²) >= 11 is 12.8. The molecular weight excluding hydrogens is 684 g/mol. The van der Waals surface area contributed by atoms with Gasteiger partial charge in [0.25, 0.3) is 17.6 Å². The lowest BCUT2D eigenvalue weighted by atomic mass is 10.0. The molecule has 2 N–H and O–H groups in total. The van der Waals surface area contributed by atoms with Crippen LogP contribution in [0.2, 0.25) is 10.0 Å². The van der Waals surface area contributed by atoms with Gasteiger partial charge in [0.1, 0.15) is 17.9 Å². The van der Waals surface area contributed by atoms with Gasteiger partial charge < -0.3 is 10.6 Å². The van der Waals surface area contributed by atoms with Crippen LogP contribution >= 0.6 is 23.2 Å². The summed E-state index contributed by atoms with van der Waals surface area (Å²) in [7, 11) is -3.29. The van der Waals surface area contributed by atoms with Crippen molar-refractivity contribution in [2.75, 3.05) is 16.8 Å². The van der Waals surface area contributed by atoms with Crippen LogP contribution in [0, 0.1) is 19.3 Å². The van der Waals surface area contributed by atoms with Crippen molar-refractivity contribution in [3.8, 4) is 18.0 Å². The Morgan fingerprint density at radius 3 is 2.36 bits per heavy atom. The summed E-state index contributed by atoms with van der Waals surface area (Å²) < 4.78 is 63.9. The van der Waals surface area contributed by atoms with E-state index in [2.05, 4.69) is 37.1 Å². The fourth-order valence-corrected chi connectivity index (χ4v) is 6.90. The Morgan fingerprint density at radius 2 is 1.79 bits per heavy atom. The Kier molecular flexibility index (Phi) is 10.6. The first kappa shape index (κ1) is 35.4. The Balaban J connectivity index is 0.00000245. The molecule has 5 rings (SSSR count). The molecule has 12 nitrogen and oxygen atoms in total. The van der Waals surface area contributed by atoms with Gasteiger partial charge in [0.15, 0.2) is 9.84 Å². The van der Waals surface area contributed by atoms with Crippen molar-refractivity contribution in [2.45, 2.75) is 46.0 Å². The highest BCUT2D eigenvalue weighted by Crippen LogP contribution is 2.31. The quantitative estimate of drug-likeness (QED) is 0.261. The summed E-state index contributed by atoms with van der Waals surface area (Å²) in [5.41, 5.74) is 0.783. The number of benzene rings is 2. The van der Waals surface area contributed by atoms with E-state index in [1.54, 1.807) is 19.1 Å². The van der Waals surface area contributed by atoms with Crippen LogP contribution in [0.1, 0.15) is 63.8 Å². The molecule has 2 aromatic heterocycles. The molecule has 47 heavy (non-hydrogen) atoms. The Hall–Kier alpha value is -4.46. The number of aromatic nitrogens is 6. The third kappa shape index (κ3) is 8.10. The molecule has 1 aliphatic rings. The maximum atomic E-state index is 13.8. The SMILES string of the molecule is C#Cc1cc(C)c(NC(=O)c2cc(Cn3nnc(C(F)(F)F)n3)nn2-c2c(Cl)cccc2Cl)c(C(=O)NC2CCS(=O)(=O)C2)c1.CC. The molecule has 4 aromatic rings. The minimum absolute atomic E-state index is 0.0193. The minimum atomic E-state index is -4.82. The van der Waals surface area contributed by atoms with Crippen molar-refractivity contribution in [1.82, 2.24) is 35.3 Å². The van der Waals surface area contributed by atoms with Gasteiger partial charge in [0.05, 0.1) is 38.5 Å². The third-order valence-electron chi connectivity index (χ3n) is 6.70. The van der Waals surface area contributed by atoms with Gasteiger partial charge in [0, 0.05) is 11.6 Å². The topological polar surface area (TPSA) is 154 Å². The van der Waals surface area contributed by atoms with Crippen LogP contribution in [0.15, 0.2) is 36.4 Å². The number of halogens is 5. The molecule has 0 aliphatic carbocycles. The maximum absolute atomic E-state index is 13.8. The summed E-state index contributed by atoms with van der Waals surface area (Å²) in [6, 6.07) is 8.13. The van der Waals surface area contributed by atoms with Crippen LogP contribution in [-0.2, 0) is 22.6 Å². The molecule has 1 atom stereocenters. The standard InChI is InChI=1S/C27H21Cl2F3N8O4S.C2H6/c1-3-15-9-14(2)22(18(10-15)24(41)33-16-7-8-45(43,44)13-16)34-25(42)21-11-17(12-39-37-26(35-38-39)27(30,31)32)36-40(21)23-19(28)5-4-6-20(23)29;1-2/h1,4-6,9-11,16H,7-8,12-13H2,2H3,(H,33,41)(H,34,42);1-2H3.